The van der Waals surface area contributed by atoms with E-state index in [4.69, 9.17) is 9.97 Å². The number of aromatic nitrogens is 4. The predicted octanol–water partition coefficient (Wildman–Crippen LogP) is 12.2. The van der Waals surface area contributed by atoms with Crippen LogP contribution in [0.1, 0.15) is 0 Å². The third kappa shape index (κ3) is 6.71. The van der Waals surface area contributed by atoms with E-state index in [1.807, 2.05) is 48.8 Å². The Bertz CT molecular complexity index is 2630. The van der Waals surface area contributed by atoms with E-state index < -0.39 is 0 Å². The third-order valence-electron chi connectivity index (χ3n) is 9.40. The molecule has 0 radical (unpaired) electrons. The smallest absolute Gasteiger partial charge is 0.0804 e. The maximum Gasteiger partial charge on any atom is 0.0804 e. The van der Waals surface area contributed by atoms with Crippen molar-refractivity contribution < 1.29 is 19.5 Å². The summed E-state index contributed by atoms with van der Waals surface area (Å²) in [6.07, 6.45) is 3.65. The van der Waals surface area contributed by atoms with Gasteiger partial charge in [0.15, 0.2) is 0 Å². The first-order valence-corrected chi connectivity index (χ1v) is 17.4. The van der Waals surface area contributed by atoms with Crippen molar-refractivity contribution in [2.24, 2.45) is 0 Å². The summed E-state index contributed by atoms with van der Waals surface area (Å²) in [6.45, 7) is 0. The van der Waals surface area contributed by atoms with E-state index in [0.29, 0.717) is 0 Å². The van der Waals surface area contributed by atoms with Crippen LogP contribution in [0.5, 0.6) is 0 Å². The van der Waals surface area contributed by atoms with Gasteiger partial charge in [0.25, 0.3) is 0 Å². The van der Waals surface area contributed by atoms with Crippen molar-refractivity contribution in [2.45, 2.75) is 0 Å². The van der Waals surface area contributed by atoms with Gasteiger partial charge in [-0.1, -0.05) is 133 Å². The minimum absolute atomic E-state index is 0. The molecule has 252 valence electrons. The molecule has 10 aromatic rings. The van der Waals surface area contributed by atoms with Crippen molar-refractivity contribution in [1.82, 2.24) is 19.9 Å². The predicted molar refractivity (Wildman–Crippen MR) is 216 cm³/mol. The number of fused-ring (bicyclic) bond motifs is 6. The summed E-state index contributed by atoms with van der Waals surface area (Å²) in [5.74, 6) is 0. The van der Waals surface area contributed by atoms with Gasteiger partial charge in [0.05, 0.1) is 33.5 Å². The second-order valence-electron chi connectivity index (χ2n) is 12.6. The number of benzene rings is 6. The van der Waals surface area contributed by atoms with E-state index >= 15 is 0 Å². The molecule has 5 heteroatoms. The van der Waals surface area contributed by atoms with Gasteiger partial charge in [-0.2, -0.15) is 0 Å². The first-order chi connectivity index (χ1) is 25.8. The maximum atomic E-state index is 5.11. The van der Waals surface area contributed by atoms with Crippen LogP contribution in [-0.2, 0) is 19.5 Å². The zero-order valence-corrected chi connectivity index (χ0v) is 30.4. The molecular weight excluding hydrogens is 734 g/mol. The topological polar surface area (TPSA) is 51.6 Å². The van der Waals surface area contributed by atoms with Crippen molar-refractivity contribution in [2.75, 3.05) is 0 Å². The molecule has 0 saturated carbocycles. The normalized spacial score (nSPS) is 10.9. The van der Waals surface area contributed by atoms with E-state index in [-0.39, 0.29) is 19.5 Å². The number of pyridine rings is 4. The summed E-state index contributed by atoms with van der Waals surface area (Å²) in [5.41, 5.74) is 12.8. The van der Waals surface area contributed by atoms with Crippen LogP contribution in [0.15, 0.2) is 194 Å². The van der Waals surface area contributed by atoms with Crippen molar-refractivity contribution in [3.8, 4) is 44.8 Å². The first-order valence-electron chi connectivity index (χ1n) is 17.4. The molecule has 10 rings (SSSR count). The van der Waals surface area contributed by atoms with Crippen LogP contribution in [-0.4, -0.2) is 19.9 Å². The number of nitrogens with zero attached hydrogens (tertiary/aromatic N) is 4. The van der Waals surface area contributed by atoms with Crippen LogP contribution in [0.3, 0.4) is 0 Å². The molecule has 0 unspecified atom stereocenters. The second-order valence-corrected chi connectivity index (χ2v) is 12.6. The second kappa shape index (κ2) is 15.1. The molecule has 4 aromatic heterocycles. The van der Waals surface area contributed by atoms with Gasteiger partial charge >= 0.3 is 0 Å². The van der Waals surface area contributed by atoms with Gasteiger partial charge in [0, 0.05) is 75.7 Å². The number of hydrogen-bond acceptors (Lipinski definition) is 4. The van der Waals surface area contributed by atoms with Gasteiger partial charge in [-0.25, -0.2) is 9.97 Å². The minimum atomic E-state index is 0. The monoisotopic (exact) mass is 766 g/mol. The summed E-state index contributed by atoms with van der Waals surface area (Å²) >= 11 is 0. The van der Waals surface area contributed by atoms with Crippen LogP contribution < -0.4 is 0 Å². The Morgan fingerprint density at radius 2 is 0.679 bits per heavy atom. The molecule has 0 bridgehead atoms. The average molecular weight is 766 g/mol. The minimum Gasteiger partial charge on any atom is -0.256 e. The van der Waals surface area contributed by atoms with Gasteiger partial charge in [0.2, 0.25) is 0 Å². The molecule has 0 aliphatic carbocycles. The molecule has 6 aromatic carbocycles. The van der Waals surface area contributed by atoms with Gasteiger partial charge in [-0.05, 0) is 59.7 Å². The maximum absolute atomic E-state index is 5.11. The zero-order chi connectivity index (χ0) is 34.7. The summed E-state index contributed by atoms with van der Waals surface area (Å²) in [5, 5.41) is 4.43. The van der Waals surface area contributed by atoms with E-state index in [1.165, 1.54) is 11.1 Å². The molecule has 0 aliphatic heterocycles. The molecule has 4 nitrogen and oxygen atoms in total. The SMILES string of the molecule is [Ru].c1ccc(-c2cc3ccc4ncccc4c3nc2-c2ccccc2)cc1.c1ccc(-c2cc3ccc4ncccc4c3nc2-c2ccccc2)cc1. The number of hydrogen-bond donors (Lipinski definition) is 0. The molecule has 0 atom stereocenters. The first kappa shape index (κ1) is 33.7. The van der Waals surface area contributed by atoms with Crippen molar-refractivity contribution in [3.05, 3.63) is 194 Å². The Balaban J connectivity index is 0.000000148. The molecule has 0 fully saturated rings. The van der Waals surface area contributed by atoms with Crippen molar-refractivity contribution in [1.29, 1.82) is 0 Å². The van der Waals surface area contributed by atoms with Gasteiger partial charge in [0.1, 0.15) is 0 Å². The fourth-order valence-electron chi connectivity index (χ4n) is 6.89. The summed E-state index contributed by atoms with van der Waals surface area (Å²) < 4.78 is 0. The average Bonchev–Trinajstić information content (AvgIpc) is 3.24. The fraction of sp³-hybridized carbons (Fsp3) is 0. The molecule has 53 heavy (non-hydrogen) atoms. The fourth-order valence-corrected chi connectivity index (χ4v) is 6.89. The van der Waals surface area contributed by atoms with Crippen LogP contribution in [0, 0.1) is 0 Å². The largest absolute Gasteiger partial charge is 0.256 e. The van der Waals surface area contributed by atoms with Gasteiger partial charge in [-0.15, -0.1) is 0 Å². The zero-order valence-electron chi connectivity index (χ0n) is 28.6. The van der Waals surface area contributed by atoms with E-state index in [1.54, 1.807) is 0 Å². The molecule has 0 amide bonds. The molecule has 0 aliphatic rings. The molecule has 0 saturated heterocycles. The van der Waals surface area contributed by atoms with Crippen LogP contribution in [0.2, 0.25) is 0 Å². The van der Waals surface area contributed by atoms with E-state index in [2.05, 4.69) is 156 Å². The Hall–Kier alpha value is -6.42. The molecular formula is C48H32N4Ru. The van der Waals surface area contributed by atoms with Gasteiger partial charge < -0.3 is 0 Å². The van der Waals surface area contributed by atoms with Crippen molar-refractivity contribution >= 4 is 43.6 Å². The summed E-state index contributed by atoms with van der Waals surface area (Å²) in [4.78, 5) is 19.2. The van der Waals surface area contributed by atoms with Crippen molar-refractivity contribution in [3.63, 3.8) is 0 Å². The quantitative estimate of drug-likeness (QED) is 0.132. The molecule has 0 N–H and O–H groups in total. The Labute approximate surface area is 320 Å². The van der Waals surface area contributed by atoms with Crippen LogP contribution in [0.25, 0.3) is 88.4 Å². The van der Waals surface area contributed by atoms with E-state index in [0.717, 1.165) is 77.3 Å². The Morgan fingerprint density at radius 3 is 1.06 bits per heavy atom. The molecule has 0 spiro atoms. The van der Waals surface area contributed by atoms with Crippen LogP contribution in [0.4, 0.5) is 0 Å². The summed E-state index contributed by atoms with van der Waals surface area (Å²) in [7, 11) is 0. The Morgan fingerprint density at radius 1 is 0.321 bits per heavy atom. The van der Waals surface area contributed by atoms with Crippen LogP contribution >= 0.6 is 0 Å². The van der Waals surface area contributed by atoms with Gasteiger partial charge in [-0.3, -0.25) is 9.97 Å². The molecule has 4 heterocycles. The summed E-state index contributed by atoms with van der Waals surface area (Å²) in [6, 6.07) is 62.6. The Kier molecular flexibility index (Phi) is 9.57. The standard InChI is InChI=1S/2C24H16N2.Ru/c2*1-3-8-17(9-4-1)21-16-19-13-14-22-20(12-7-15-25-22)24(19)26-23(21)18-10-5-2-6-11-18;/h2*1-16H;. The number of rotatable bonds is 4. The van der Waals surface area contributed by atoms with E-state index in [9.17, 15) is 0 Å². The third-order valence-corrected chi connectivity index (χ3v) is 9.40.